The highest BCUT2D eigenvalue weighted by Gasteiger charge is 2.41. The second-order valence-electron chi connectivity index (χ2n) is 8.84. The number of anilines is 1. The molecule has 2 atom stereocenters. The number of hydrogen-bond acceptors (Lipinski definition) is 4. The molecule has 0 spiro atoms. The SMILES string of the molecule is CCc1ccccc1NC(=O)CCN1C(=S)N[C@H](c2ccccn2)[C@H]1c1ccc(-c2ccc(F)cc2)o1. The molecule has 0 bridgehead atoms. The molecule has 4 aromatic rings. The predicted octanol–water partition coefficient (Wildman–Crippen LogP) is 6.04. The van der Waals surface area contributed by atoms with Crippen LogP contribution in [-0.4, -0.2) is 27.4 Å². The molecular weight excluding hydrogens is 487 g/mol. The molecule has 1 aliphatic rings. The third-order valence-corrected chi connectivity index (χ3v) is 6.85. The zero-order valence-corrected chi connectivity index (χ0v) is 21.2. The van der Waals surface area contributed by atoms with Gasteiger partial charge in [0.15, 0.2) is 5.11 Å². The van der Waals surface area contributed by atoms with Crippen molar-refractivity contribution in [3.63, 3.8) is 0 Å². The summed E-state index contributed by atoms with van der Waals surface area (Å²) in [5.74, 6) is 0.915. The maximum absolute atomic E-state index is 13.4. The number of furan rings is 1. The van der Waals surface area contributed by atoms with Crippen LogP contribution >= 0.6 is 12.2 Å². The summed E-state index contributed by atoms with van der Waals surface area (Å²) in [6.45, 7) is 2.46. The zero-order valence-electron chi connectivity index (χ0n) is 20.4. The Kier molecular flexibility index (Phi) is 7.28. The minimum absolute atomic E-state index is 0.0878. The number of rotatable bonds is 8. The zero-order chi connectivity index (χ0) is 25.8. The molecule has 188 valence electrons. The van der Waals surface area contributed by atoms with Crippen LogP contribution < -0.4 is 10.6 Å². The van der Waals surface area contributed by atoms with Crippen molar-refractivity contribution in [1.82, 2.24) is 15.2 Å². The minimum Gasteiger partial charge on any atom is -0.459 e. The number of para-hydroxylation sites is 1. The van der Waals surface area contributed by atoms with E-state index in [0.29, 0.717) is 23.2 Å². The number of pyridine rings is 1. The van der Waals surface area contributed by atoms with Gasteiger partial charge in [0.1, 0.15) is 23.4 Å². The Balaban J connectivity index is 1.39. The molecule has 6 nitrogen and oxygen atoms in total. The molecule has 0 radical (unpaired) electrons. The van der Waals surface area contributed by atoms with Gasteiger partial charge < -0.3 is 20.0 Å². The molecule has 1 fully saturated rings. The Labute approximate surface area is 220 Å². The molecule has 0 saturated carbocycles. The Hall–Kier alpha value is -4.04. The van der Waals surface area contributed by atoms with Crippen LogP contribution in [0, 0.1) is 5.82 Å². The first-order valence-electron chi connectivity index (χ1n) is 12.2. The number of aromatic nitrogens is 1. The number of halogens is 1. The van der Waals surface area contributed by atoms with Crippen molar-refractivity contribution in [3.8, 4) is 11.3 Å². The van der Waals surface area contributed by atoms with Crippen LogP contribution in [0.1, 0.15) is 42.4 Å². The normalized spacial score (nSPS) is 17.0. The average molecular weight is 515 g/mol. The topological polar surface area (TPSA) is 70.4 Å². The number of carbonyl (C=O) groups is 1. The molecule has 1 aliphatic heterocycles. The van der Waals surface area contributed by atoms with Crippen molar-refractivity contribution in [2.45, 2.75) is 31.8 Å². The minimum atomic E-state index is -0.313. The number of hydrogen-bond donors (Lipinski definition) is 2. The lowest BCUT2D eigenvalue weighted by molar-refractivity contribution is -0.116. The smallest absolute Gasteiger partial charge is 0.226 e. The molecule has 1 amide bonds. The molecule has 3 heterocycles. The van der Waals surface area contributed by atoms with Crippen LogP contribution in [0.2, 0.25) is 0 Å². The number of nitrogens with one attached hydrogen (secondary N) is 2. The summed E-state index contributed by atoms with van der Waals surface area (Å²) < 4.78 is 19.7. The van der Waals surface area contributed by atoms with Crippen molar-refractivity contribution in [3.05, 3.63) is 108 Å². The van der Waals surface area contributed by atoms with Gasteiger partial charge in [0.2, 0.25) is 5.91 Å². The van der Waals surface area contributed by atoms with E-state index in [1.807, 2.05) is 59.5 Å². The van der Waals surface area contributed by atoms with Gasteiger partial charge in [0.05, 0.1) is 11.7 Å². The first kappa shape index (κ1) is 24.6. The number of benzene rings is 2. The van der Waals surface area contributed by atoms with E-state index in [9.17, 15) is 9.18 Å². The highest BCUT2D eigenvalue weighted by atomic mass is 32.1. The van der Waals surface area contributed by atoms with Gasteiger partial charge in [-0.25, -0.2) is 4.39 Å². The van der Waals surface area contributed by atoms with E-state index in [-0.39, 0.29) is 30.2 Å². The maximum atomic E-state index is 13.4. The quantitative estimate of drug-likeness (QED) is 0.279. The fraction of sp³-hybridized carbons (Fsp3) is 0.207. The van der Waals surface area contributed by atoms with Gasteiger partial charge in [-0.3, -0.25) is 9.78 Å². The number of nitrogens with zero attached hydrogens (tertiary/aromatic N) is 2. The first-order valence-corrected chi connectivity index (χ1v) is 12.7. The molecule has 0 aliphatic carbocycles. The maximum Gasteiger partial charge on any atom is 0.226 e. The summed E-state index contributed by atoms with van der Waals surface area (Å²) in [6, 6.07) is 22.9. The van der Waals surface area contributed by atoms with Crippen molar-refractivity contribution < 1.29 is 13.6 Å². The summed E-state index contributed by atoms with van der Waals surface area (Å²) in [5.41, 5.74) is 3.51. The van der Waals surface area contributed by atoms with Crippen molar-refractivity contribution >= 4 is 28.9 Å². The van der Waals surface area contributed by atoms with Gasteiger partial charge >= 0.3 is 0 Å². The number of amides is 1. The van der Waals surface area contributed by atoms with Crippen LogP contribution in [0.15, 0.2) is 89.5 Å². The summed E-state index contributed by atoms with van der Waals surface area (Å²) in [4.78, 5) is 19.4. The lowest BCUT2D eigenvalue weighted by Crippen LogP contribution is -2.32. The summed E-state index contributed by atoms with van der Waals surface area (Å²) in [6.07, 6.45) is 2.82. The fourth-order valence-corrected chi connectivity index (χ4v) is 4.95. The molecule has 0 unspecified atom stereocenters. The molecular formula is C29H27FN4O2S. The van der Waals surface area contributed by atoms with E-state index in [2.05, 4.69) is 22.5 Å². The van der Waals surface area contributed by atoms with Crippen LogP contribution in [0.5, 0.6) is 0 Å². The van der Waals surface area contributed by atoms with E-state index in [0.717, 1.165) is 28.9 Å². The van der Waals surface area contributed by atoms with E-state index < -0.39 is 0 Å². The number of carbonyl (C=O) groups excluding carboxylic acids is 1. The van der Waals surface area contributed by atoms with Crippen LogP contribution in [0.3, 0.4) is 0 Å². The van der Waals surface area contributed by atoms with Gasteiger partial charge in [-0.05, 0) is 78.8 Å². The van der Waals surface area contributed by atoms with Gasteiger partial charge in [-0.2, -0.15) is 0 Å². The van der Waals surface area contributed by atoms with E-state index >= 15 is 0 Å². The molecule has 2 N–H and O–H groups in total. The molecule has 5 rings (SSSR count). The molecule has 2 aromatic heterocycles. The summed E-state index contributed by atoms with van der Waals surface area (Å²) >= 11 is 5.70. The lowest BCUT2D eigenvalue weighted by atomic mass is 10.0. The first-order chi connectivity index (χ1) is 18.0. The molecule has 8 heteroatoms. The molecule has 1 saturated heterocycles. The Morgan fingerprint density at radius 3 is 2.62 bits per heavy atom. The lowest BCUT2D eigenvalue weighted by Gasteiger charge is -2.26. The largest absolute Gasteiger partial charge is 0.459 e. The second-order valence-corrected chi connectivity index (χ2v) is 9.22. The van der Waals surface area contributed by atoms with Gasteiger partial charge in [0, 0.05) is 30.4 Å². The number of aryl methyl sites for hydroxylation is 1. The average Bonchev–Trinajstić information content (AvgIpc) is 3.53. The van der Waals surface area contributed by atoms with Gasteiger partial charge in [-0.15, -0.1) is 0 Å². The summed E-state index contributed by atoms with van der Waals surface area (Å²) in [5, 5.41) is 6.93. The van der Waals surface area contributed by atoms with Crippen LogP contribution in [-0.2, 0) is 11.2 Å². The van der Waals surface area contributed by atoms with Crippen LogP contribution in [0.25, 0.3) is 11.3 Å². The number of thiocarbonyl (C=S) groups is 1. The molecule has 2 aromatic carbocycles. The van der Waals surface area contributed by atoms with Gasteiger partial charge in [-0.1, -0.05) is 31.2 Å². The summed E-state index contributed by atoms with van der Waals surface area (Å²) in [7, 11) is 0. The van der Waals surface area contributed by atoms with Crippen LogP contribution in [0.4, 0.5) is 10.1 Å². The van der Waals surface area contributed by atoms with E-state index in [1.165, 1.54) is 12.1 Å². The monoisotopic (exact) mass is 514 g/mol. The predicted molar refractivity (Wildman–Crippen MR) is 145 cm³/mol. The van der Waals surface area contributed by atoms with Crippen molar-refractivity contribution in [1.29, 1.82) is 0 Å². The fourth-order valence-electron chi connectivity index (χ4n) is 4.62. The Bertz CT molecular complexity index is 1390. The van der Waals surface area contributed by atoms with Crippen molar-refractivity contribution in [2.24, 2.45) is 0 Å². The third-order valence-electron chi connectivity index (χ3n) is 6.50. The highest BCUT2D eigenvalue weighted by Crippen LogP contribution is 2.40. The Morgan fingerprint density at radius 1 is 1.08 bits per heavy atom. The Morgan fingerprint density at radius 2 is 1.86 bits per heavy atom. The highest BCUT2D eigenvalue weighted by molar-refractivity contribution is 7.80. The second kappa shape index (κ2) is 10.9. The third kappa shape index (κ3) is 5.39. The standard InChI is InChI=1S/C29H27FN4O2S/c1-2-19-7-3-4-8-22(19)32-26(35)16-18-34-28(27(33-29(34)37)23-9-5-6-17-31-23)25-15-14-24(36-25)20-10-12-21(30)13-11-20/h3-15,17,27-28H,2,16,18H2,1H3,(H,32,35)(H,33,37)/t27-,28-/m1/s1. The van der Waals surface area contributed by atoms with Crippen molar-refractivity contribution in [2.75, 3.05) is 11.9 Å². The van der Waals surface area contributed by atoms with E-state index in [4.69, 9.17) is 16.6 Å². The van der Waals surface area contributed by atoms with Gasteiger partial charge in [0.25, 0.3) is 0 Å². The molecule has 37 heavy (non-hydrogen) atoms. The van der Waals surface area contributed by atoms with E-state index in [1.54, 1.807) is 18.3 Å².